The number of allylic oxidation sites excluding steroid dienone is 1. The van der Waals surface area contributed by atoms with E-state index in [1.165, 1.54) is 0 Å². The zero-order valence-electron chi connectivity index (χ0n) is 13.9. The minimum Gasteiger partial charge on any atom is -0.462 e. The molecule has 0 aliphatic carbocycles. The van der Waals surface area contributed by atoms with Crippen molar-refractivity contribution in [3.8, 4) is 0 Å². The summed E-state index contributed by atoms with van der Waals surface area (Å²) in [5, 5.41) is 0. The van der Waals surface area contributed by atoms with E-state index in [2.05, 4.69) is 31.7 Å². The highest BCUT2D eigenvalue weighted by atomic mass is 16.5. The first kappa shape index (κ1) is 17.8. The van der Waals surface area contributed by atoms with Gasteiger partial charge in [0.05, 0.1) is 0 Å². The Morgan fingerprint density at radius 1 is 0.955 bits per heavy atom. The molecule has 0 bridgehead atoms. The second kappa shape index (κ2) is 10.4. The summed E-state index contributed by atoms with van der Waals surface area (Å²) in [6, 6.07) is 20.2. The van der Waals surface area contributed by atoms with E-state index in [1.807, 2.05) is 62.4 Å². The Kier molecular flexibility index (Phi) is 8.44. The SMILES string of the molecule is C=C(O/C(=C\c1ccccc1)CCC)c1ccccc1.CC. The van der Waals surface area contributed by atoms with Crippen LogP contribution in [0.2, 0.25) is 0 Å². The molecule has 2 aromatic carbocycles. The van der Waals surface area contributed by atoms with E-state index in [9.17, 15) is 0 Å². The molecule has 0 fully saturated rings. The largest absolute Gasteiger partial charge is 0.462 e. The van der Waals surface area contributed by atoms with E-state index in [-0.39, 0.29) is 0 Å². The summed E-state index contributed by atoms with van der Waals surface area (Å²) >= 11 is 0. The van der Waals surface area contributed by atoms with Crippen molar-refractivity contribution in [2.75, 3.05) is 0 Å². The maximum absolute atomic E-state index is 5.95. The zero-order valence-corrected chi connectivity index (χ0v) is 13.9. The summed E-state index contributed by atoms with van der Waals surface area (Å²) < 4.78 is 5.95. The normalized spacial score (nSPS) is 10.4. The maximum Gasteiger partial charge on any atom is 0.126 e. The van der Waals surface area contributed by atoms with Crippen molar-refractivity contribution in [2.45, 2.75) is 33.6 Å². The van der Waals surface area contributed by atoms with E-state index in [0.29, 0.717) is 5.76 Å². The minimum atomic E-state index is 0.696. The zero-order chi connectivity index (χ0) is 16.2. The van der Waals surface area contributed by atoms with Crippen LogP contribution in [-0.2, 0) is 4.74 Å². The highest BCUT2D eigenvalue weighted by Crippen LogP contribution is 2.21. The Hall–Kier alpha value is -2.28. The molecule has 0 N–H and O–H groups in total. The summed E-state index contributed by atoms with van der Waals surface area (Å²) in [7, 11) is 0. The second-order valence-electron chi connectivity index (χ2n) is 4.66. The standard InChI is InChI=1S/C19H20O.C2H6/c1-3-10-19(15-17-11-6-4-7-12-17)20-16(2)18-13-8-5-9-14-18;1-2/h4-9,11-15H,2-3,10H2,1H3;1-2H3/b19-15-;. The summed E-state index contributed by atoms with van der Waals surface area (Å²) in [5.41, 5.74) is 2.17. The number of ether oxygens (including phenoxy) is 1. The smallest absolute Gasteiger partial charge is 0.126 e. The van der Waals surface area contributed by atoms with Crippen LogP contribution < -0.4 is 0 Å². The Bertz CT molecular complexity index is 567. The van der Waals surface area contributed by atoms with Gasteiger partial charge in [-0.1, -0.05) is 88.0 Å². The van der Waals surface area contributed by atoms with Gasteiger partial charge in [-0.25, -0.2) is 0 Å². The molecule has 22 heavy (non-hydrogen) atoms. The molecule has 1 nitrogen and oxygen atoms in total. The van der Waals surface area contributed by atoms with Crippen molar-refractivity contribution in [3.63, 3.8) is 0 Å². The average Bonchev–Trinajstić information content (AvgIpc) is 2.58. The van der Waals surface area contributed by atoms with E-state index in [4.69, 9.17) is 4.74 Å². The molecule has 0 aliphatic rings. The van der Waals surface area contributed by atoms with Crippen molar-refractivity contribution in [2.24, 2.45) is 0 Å². The van der Waals surface area contributed by atoms with Crippen molar-refractivity contribution in [1.82, 2.24) is 0 Å². The molecule has 1 heteroatoms. The van der Waals surface area contributed by atoms with Crippen LogP contribution in [0, 0.1) is 0 Å². The van der Waals surface area contributed by atoms with Crippen molar-refractivity contribution >= 4 is 11.8 Å². The first-order valence-electron chi connectivity index (χ1n) is 7.97. The lowest BCUT2D eigenvalue weighted by atomic mass is 10.1. The third kappa shape index (κ3) is 6.01. The molecule has 0 amide bonds. The Morgan fingerprint density at radius 2 is 1.50 bits per heavy atom. The predicted molar refractivity (Wildman–Crippen MR) is 97.2 cm³/mol. The fourth-order valence-corrected chi connectivity index (χ4v) is 1.98. The van der Waals surface area contributed by atoms with Gasteiger partial charge in [0.1, 0.15) is 11.5 Å². The van der Waals surface area contributed by atoms with Crippen molar-refractivity contribution in [1.29, 1.82) is 0 Å². The van der Waals surface area contributed by atoms with Crippen LogP contribution in [0.1, 0.15) is 44.7 Å². The molecule has 2 aromatic rings. The summed E-state index contributed by atoms with van der Waals surface area (Å²) in [6.07, 6.45) is 4.03. The fraction of sp³-hybridized carbons (Fsp3) is 0.238. The van der Waals surface area contributed by atoms with Crippen LogP contribution in [-0.4, -0.2) is 0 Å². The van der Waals surface area contributed by atoms with E-state index >= 15 is 0 Å². The minimum absolute atomic E-state index is 0.696. The molecule has 0 aromatic heterocycles. The number of benzene rings is 2. The quantitative estimate of drug-likeness (QED) is 0.549. The summed E-state index contributed by atoms with van der Waals surface area (Å²) in [5.74, 6) is 1.65. The van der Waals surface area contributed by atoms with Gasteiger partial charge < -0.3 is 4.74 Å². The molecule has 0 heterocycles. The fourth-order valence-electron chi connectivity index (χ4n) is 1.98. The molecule has 2 rings (SSSR count). The number of rotatable bonds is 6. The van der Waals surface area contributed by atoms with Gasteiger partial charge in [0.15, 0.2) is 0 Å². The van der Waals surface area contributed by atoms with Crippen LogP contribution in [0.5, 0.6) is 0 Å². The lowest BCUT2D eigenvalue weighted by Crippen LogP contribution is -1.92. The van der Waals surface area contributed by atoms with Crippen molar-refractivity contribution < 1.29 is 4.74 Å². The molecule has 0 saturated carbocycles. The van der Waals surface area contributed by atoms with Gasteiger partial charge in [-0.3, -0.25) is 0 Å². The van der Waals surface area contributed by atoms with Crippen LogP contribution in [0.3, 0.4) is 0 Å². The van der Waals surface area contributed by atoms with Gasteiger partial charge in [-0.15, -0.1) is 0 Å². The van der Waals surface area contributed by atoms with Crippen LogP contribution in [0.25, 0.3) is 11.8 Å². The highest BCUT2D eigenvalue weighted by molar-refractivity contribution is 5.60. The highest BCUT2D eigenvalue weighted by Gasteiger charge is 2.04. The number of hydrogen-bond donors (Lipinski definition) is 0. The van der Waals surface area contributed by atoms with Gasteiger partial charge in [-0.05, 0) is 18.1 Å². The van der Waals surface area contributed by atoms with Gasteiger partial charge in [0.2, 0.25) is 0 Å². The van der Waals surface area contributed by atoms with Crippen LogP contribution >= 0.6 is 0 Å². The average molecular weight is 294 g/mol. The molecular weight excluding hydrogens is 268 g/mol. The third-order valence-electron chi connectivity index (χ3n) is 2.97. The molecule has 0 spiro atoms. The van der Waals surface area contributed by atoms with Gasteiger partial charge in [0, 0.05) is 12.0 Å². The van der Waals surface area contributed by atoms with E-state index in [1.54, 1.807) is 0 Å². The van der Waals surface area contributed by atoms with Gasteiger partial charge >= 0.3 is 0 Å². The molecule has 0 aliphatic heterocycles. The lowest BCUT2D eigenvalue weighted by Gasteiger charge is -2.12. The lowest BCUT2D eigenvalue weighted by molar-refractivity contribution is 0.367. The Labute approximate surface area is 135 Å². The maximum atomic E-state index is 5.95. The second-order valence-corrected chi connectivity index (χ2v) is 4.66. The Balaban J connectivity index is 0.00000116. The Morgan fingerprint density at radius 3 is 2.05 bits per heavy atom. The molecule has 116 valence electrons. The third-order valence-corrected chi connectivity index (χ3v) is 2.97. The van der Waals surface area contributed by atoms with Crippen LogP contribution in [0.4, 0.5) is 0 Å². The van der Waals surface area contributed by atoms with Gasteiger partial charge in [-0.2, -0.15) is 0 Å². The van der Waals surface area contributed by atoms with Crippen molar-refractivity contribution in [3.05, 3.63) is 84.1 Å². The predicted octanol–water partition coefficient (Wildman–Crippen LogP) is 6.54. The van der Waals surface area contributed by atoms with Crippen LogP contribution in [0.15, 0.2) is 73.0 Å². The molecular formula is C21H26O. The topological polar surface area (TPSA) is 9.23 Å². The first-order valence-corrected chi connectivity index (χ1v) is 7.97. The molecule has 0 unspecified atom stereocenters. The molecule has 0 saturated heterocycles. The van der Waals surface area contributed by atoms with Gasteiger partial charge in [0.25, 0.3) is 0 Å². The van der Waals surface area contributed by atoms with E-state index < -0.39 is 0 Å². The summed E-state index contributed by atoms with van der Waals surface area (Å²) in [4.78, 5) is 0. The summed E-state index contributed by atoms with van der Waals surface area (Å²) in [6.45, 7) is 10.2. The first-order chi connectivity index (χ1) is 10.8. The molecule has 0 radical (unpaired) electrons. The van der Waals surface area contributed by atoms with E-state index in [0.717, 1.165) is 29.7 Å². The number of hydrogen-bond acceptors (Lipinski definition) is 1. The molecule has 0 atom stereocenters. The monoisotopic (exact) mass is 294 g/mol.